The van der Waals surface area contributed by atoms with E-state index in [1.54, 1.807) is 0 Å². The zero-order chi connectivity index (χ0) is 14.7. The van der Waals surface area contributed by atoms with Crippen LogP contribution in [0.15, 0.2) is 16.5 Å². The normalized spacial score (nSPS) is 10.3. The third-order valence-corrected chi connectivity index (χ3v) is 3.82. The molecule has 0 aliphatic heterocycles. The van der Waals surface area contributed by atoms with Crippen LogP contribution in [-0.2, 0) is 15.9 Å². The van der Waals surface area contributed by atoms with E-state index in [4.69, 9.17) is 4.42 Å². The Balaban J connectivity index is 2.47. The van der Waals surface area contributed by atoms with E-state index < -0.39 is 11.9 Å². The third-order valence-electron chi connectivity index (χ3n) is 2.60. The topological polar surface area (TPSA) is 78.6 Å². The third kappa shape index (κ3) is 2.57. The van der Waals surface area contributed by atoms with Crippen molar-refractivity contribution < 1.29 is 23.5 Å². The zero-order valence-electron chi connectivity index (χ0n) is 11.3. The van der Waals surface area contributed by atoms with Gasteiger partial charge in [0.15, 0.2) is 0 Å². The molecule has 2 rings (SSSR count). The molecule has 0 bridgehead atoms. The average molecular weight is 295 g/mol. The SMILES string of the molecule is CCc1ccc(-c2nc(C(=O)OC)c(C(=O)OC)o2)s1. The van der Waals surface area contributed by atoms with Gasteiger partial charge in [0.05, 0.1) is 19.1 Å². The lowest BCUT2D eigenvalue weighted by Crippen LogP contribution is -2.10. The molecule has 0 amide bonds. The number of aromatic nitrogens is 1. The molecule has 0 saturated heterocycles. The van der Waals surface area contributed by atoms with Crippen molar-refractivity contribution in [2.75, 3.05) is 14.2 Å². The first kappa shape index (κ1) is 14.3. The predicted molar refractivity (Wildman–Crippen MR) is 71.9 cm³/mol. The molecule has 0 saturated carbocycles. The van der Waals surface area contributed by atoms with E-state index in [2.05, 4.69) is 14.5 Å². The van der Waals surface area contributed by atoms with Crippen molar-refractivity contribution in [1.29, 1.82) is 0 Å². The standard InChI is InChI=1S/C13H13NO5S/c1-4-7-5-6-8(20-7)11-14-9(12(15)17-2)10(19-11)13(16)18-3/h5-6H,4H2,1-3H3. The van der Waals surface area contributed by atoms with Gasteiger partial charge >= 0.3 is 11.9 Å². The van der Waals surface area contributed by atoms with Gasteiger partial charge in [0, 0.05) is 4.88 Å². The highest BCUT2D eigenvalue weighted by atomic mass is 32.1. The lowest BCUT2D eigenvalue weighted by Gasteiger charge is -1.96. The summed E-state index contributed by atoms with van der Waals surface area (Å²) in [5, 5.41) is 0. The van der Waals surface area contributed by atoms with Crippen molar-refractivity contribution in [2.24, 2.45) is 0 Å². The Hall–Kier alpha value is -2.15. The van der Waals surface area contributed by atoms with Crippen LogP contribution in [0.25, 0.3) is 10.8 Å². The van der Waals surface area contributed by atoms with E-state index in [0.29, 0.717) is 0 Å². The van der Waals surface area contributed by atoms with Crippen molar-refractivity contribution in [1.82, 2.24) is 4.98 Å². The van der Waals surface area contributed by atoms with Gasteiger partial charge in [-0.3, -0.25) is 0 Å². The second-order valence-corrected chi connectivity index (χ2v) is 4.97. The summed E-state index contributed by atoms with van der Waals surface area (Å²) in [6.07, 6.45) is 0.888. The molecule has 0 aromatic carbocycles. The quantitative estimate of drug-likeness (QED) is 0.806. The van der Waals surface area contributed by atoms with Gasteiger partial charge in [0.1, 0.15) is 0 Å². The summed E-state index contributed by atoms with van der Waals surface area (Å²) in [5.41, 5.74) is -0.180. The Morgan fingerprint density at radius 2 is 1.95 bits per heavy atom. The van der Waals surface area contributed by atoms with E-state index >= 15 is 0 Å². The largest absolute Gasteiger partial charge is 0.464 e. The summed E-state index contributed by atoms with van der Waals surface area (Å²) >= 11 is 1.49. The summed E-state index contributed by atoms with van der Waals surface area (Å²) in [6, 6.07) is 3.78. The van der Waals surface area contributed by atoms with Crippen LogP contribution in [0.5, 0.6) is 0 Å². The molecule has 0 spiro atoms. The number of rotatable bonds is 4. The number of oxazole rings is 1. The van der Waals surface area contributed by atoms with Crippen LogP contribution in [0.2, 0.25) is 0 Å². The molecule has 0 unspecified atom stereocenters. The van der Waals surface area contributed by atoms with E-state index in [1.807, 2.05) is 19.1 Å². The minimum absolute atomic E-state index is 0.180. The van der Waals surface area contributed by atoms with E-state index in [0.717, 1.165) is 16.2 Å². The van der Waals surface area contributed by atoms with Crippen molar-refractivity contribution >= 4 is 23.3 Å². The zero-order valence-corrected chi connectivity index (χ0v) is 12.1. The number of thiophene rings is 1. The number of carbonyl (C=O) groups excluding carboxylic acids is 2. The monoisotopic (exact) mass is 295 g/mol. The number of methoxy groups -OCH3 is 2. The maximum Gasteiger partial charge on any atom is 0.376 e. The summed E-state index contributed by atoms with van der Waals surface area (Å²) < 4.78 is 14.5. The van der Waals surface area contributed by atoms with E-state index in [9.17, 15) is 9.59 Å². The van der Waals surface area contributed by atoms with Gasteiger partial charge in [-0.2, -0.15) is 0 Å². The number of nitrogens with zero attached hydrogens (tertiary/aromatic N) is 1. The number of aryl methyl sites for hydroxylation is 1. The Morgan fingerprint density at radius 3 is 2.50 bits per heavy atom. The van der Waals surface area contributed by atoms with Crippen LogP contribution in [-0.4, -0.2) is 31.1 Å². The maximum atomic E-state index is 11.6. The van der Waals surface area contributed by atoms with Crippen LogP contribution in [0.3, 0.4) is 0 Å². The Labute approximate surface area is 119 Å². The van der Waals surface area contributed by atoms with Gasteiger partial charge in [-0.15, -0.1) is 11.3 Å². The first-order valence-corrected chi connectivity index (χ1v) is 6.68. The van der Waals surface area contributed by atoms with Gasteiger partial charge in [-0.05, 0) is 18.6 Å². The molecule has 20 heavy (non-hydrogen) atoms. The number of hydrogen-bond acceptors (Lipinski definition) is 7. The van der Waals surface area contributed by atoms with E-state index in [1.165, 1.54) is 25.6 Å². The van der Waals surface area contributed by atoms with Crippen molar-refractivity contribution in [3.63, 3.8) is 0 Å². The molecule has 7 heteroatoms. The number of ether oxygens (including phenoxy) is 2. The minimum Gasteiger partial charge on any atom is -0.464 e. The second-order valence-electron chi connectivity index (χ2n) is 3.80. The fourth-order valence-corrected chi connectivity index (χ4v) is 2.45. The smallest absolute Gasteiger partial charge is 0.376 e. The minimum atomic E-state index is -0.767. The first-order valence-electron chi connectivity index (χ1n) is 5.87. The molecule has 0 fully saturated rings. The van der Waals surface area contributed by atoms with Crippen molar-refractivity contribution in [3.8, 4) is 10.8 Å². The van der Waals surface area contributed by atoms with Gasteiger partial charge in [0.25, 0.3) is 0 Å². The Morgan fingerprint density at radius 1 is 1.25 bits per heavy atom. The molecule has 6 nitrogen and oxygen atoms in total. The molecule has 0 radical (unpaired) electrons. The van der Waals surface area contributed by atoms with Crippen LogP contribution >= 0.6 is 11.3 Å². The molecule has 0 atom stereocenters. The molecule has 2 aromatic heterocycles. The summed E-state index contributed by atoms with van der Waals surface area (Å²) in [4.78, 5) is 29.1. The maximum absolute atomic E-state index is 11.6. The summed E-state index contributed by atoms with van der Waals surface area (Å²) in [6.45, 7) is 2.03. The van der Waals surface area contributed by atoms with E-state index in [-0.39, 0.29) is 17.3 Å². The fraction of sp³-hybridized carbons (Fsp3) is 0.308. The highest BCUT2D eigenvalue weighted by Gasteiger charge is 2.27. The molecule has 0 N–H and O–H groups in total. The van der Waals surface area contributed by atoms with Crippen molar-refractivity contribution in [3.05, 3.63) is 28.5 Å². The highest BCUT2D eigenvalue weighted by Crippen LogP contribution is 2.29. The molecular weight excluding hydrogens is 282 g/mol. The fourth-order valence-electron chi connectivity index (χ4n) is 1.57. The molecule has 0 aliphatic rings. The van der Waals surface area contributed by atoms with Gasteiger partial charge in [0.2, 0.25) is 17.3 Å². The van der Waals surface area contributed by atoms with Crippen molar-refractivity contribution in [2.45, 2.75) is 13.3 Å². The van der Waals surface area contributed by atoms with Crippen LogP contribution < -0.4 is 0 Å². The summed E-state index contributed by atoms with van der Waals surface area (Å²) in [7, 11) is 2.41. The number of hydrogen-bond donors (Lipinski definition) is 0. The second kappa shape index (κ2) is 5.87. The number of carbonyl (C=O) groups is 2. The van der Waals surface area contributed by atoms with Crippen LogP contribution in [0, 0.1) is 0 Å². The average Bonchev–Trinajstić information content (AvgIpc) is 3.11. The number of esters is 2. The predicted octanol–water partition coefficient (Wildman–Crippen LogP) is 2.54. The summed E-state index contributed by atoms with van der Waals surface area (Å²) in [5.74, 6) is -1.56. The lowest BCUT2D eigenvalue weighted by atomic mass is 10.3. The molecule has 0 aliphatic carbocycles. The molecule has 2 heterocycles. The van der Waals surface area contributed by atoms with Crippen LogP contribution in [0.1, 0.15) is 32.8 Å². The molecule has 2 aromatic rings. The molecular formula is C13H13NO5S. The first-order chi connectivity index (χ1) is 9.60. The highest BCUT2D eigenvalue weighted by molar-refractivity contribution is 7.15. The Kier molecular flexibility index (Phi) is 4.19. The lowest BCUT2D eigenvalue weighted by molar-refractivity contribution is 0.0527. The van der Waals surface area contributed by atoms with Crippen LogP contribution in [0.4, 0.5) is 0 Å². The van der Waals surface area contributed by atoms with Gasteiger partial charge in [-0.1, -0.05) is 6.92 Å². The Bertz CT molecular complexity index is 609. The van der Waals surface area contributed by atoms with Gasteiger partial charge in [-0.25, -0.2) is 14.6 Å². The molecule has 106 valence electrons. The van der Waals surface area contributed by atoms with Gasteiger partial charge < -0.3 is 13.9 Å².